The first-order valence-electron chi connectivity index (χ1n) is 8.42. The molecule has 1 aromatic carbocycles. The van der Waals surface area contributed by atoms with Gasteiger partial charge in [0.1, 0.15) is 12.2 Å². The van der Waals surface area contributed by atoms with E-state index in [1.807, 2.05) is 6.07 Å². The number of sulfonamides is 1. The zero-order valence-electron chi connectivity index (χ0n) is 14.2. The van der Waals surface area contributed by atoms with Crippen molar-refractivity contribution in [2.24, 2.45) is 5.92 Å². The topological polar surface area (TPSA) is 68.1 Å². The van der Waals surface area contributed by atoms with Crippen LogP contribution >= 0.6 is 0 Å². The molecule has 1 saturated heterocycles. The third-order valence-electron chi connectivity index (χ3n) is 4.63. The second-order valence-electron chi connectivity index (χ2n) is 6.61. The van der Waals surface area contributed by atoms with Gasteiger partial charge in [0.2, 0.25) is 10.0 Å². The Morgan fingerprint density at radius 2 is 1.83 bits per heavy atom. The van der Waals surface area contributed by atoms with Gasteiger partial charge in [-0.05, 0) is 44.7 Å². The number of aromatic nitrogens is 3. The summed E-state index contributed by atoms with van der Waals surface area (Å²) in [7, 11) is -3.37. The lowest BCUT2D eigenvalue weighted by Gasteiger charge is -2.31. The average molecular weight is 348 g/mol. The van der Waals surface area contributed by atoms with Gasteiger partial charge in [-0.1, -0.05) is 18.2 Å². The van der Waals surface area contributed by atoms with Gasteiger partial charge in [-0.3, -0.25) is 0 Å². The summed E-state index contributed by atoms with van der Waals surface area (Å²) in [6, 6.07) is 9.01. The first-order valence-corrected chi connectivity index (χ1v) is 9.86. The zero-order chi connectivity index (χ0) is 17.2. The summed E-state index contributed by atoms with van der Waals surface area (Å²) >= 11 is 0. The van der Waals surface area contributed by atoms with E-state index >= 15 is 0 Å². The normalized spacial score (nSPS) is 17.5. The Morgan fingerprint density at radius 1 is 1.17 bits per heavy atom. The van der Waals surface area contributed by atoms with E-state index in [0.717, 1.165) is 25.1 Å². The Bertz CT molecular complexity index is 763. The Hall–Kier alpha value is -1.73. The lowest BCUT2D eigenvalue weighted by Crippen LogP contribution is -2.39. The number of nitrogens with zero attached hydrogens (tertiary/aromatic N) is 4. The largest absolute Gasteiger partial charge is 0.315 e. The smallest absolute Gasteiger partial charge is 0.243 e. The first-order chi connectivity index (χ1) is 11.5. The van der Waals surface area contributed by atoms with E-state index in [1.165, 1.54) is 0 Å². The SMILES string of the molecule is CC(C)n1cnnc1CC1CCN(S(=O)(=O)c2ccccc2)CC1. The highest BCUT2D eigenvalue weighted by Gasteiger charge is 2.29. The standard InChI is InChI=1S/C17H24N4O2S/c1-14(2)21-13-18-19-17(21)12-15-8-10-20(11-9-15)24(22,23)16-6-4-3-5-7-16/h3-7,13-15H,8-12H2,1-2H3. The van der Waals surface area contributed by atoms with Gasteiger partial charge in [0.25, 0.3) is 0 Å². The molecule has 1 aliphatic heterocycles. The number of hydrogen-bond donors (Lipinski definition) is 0. The minimum Gasteiger partial charge on any atom is -0.315 e. The van der Waals surface area contributed by atoms with Gasteiger partial charge >= 0.3 is 0 Å². The summed E-state index contributed by atoms with van der Waals surface area (Å²) in [4.78, 5) is 0.378. The van der Waals surface area contributed by atoms with Crippen molar-refractivity contribution in [2.75, 3.05) is 13.1 Å². The number of rotatable bonds is 5. The molecule has 3 rings (SSSR count). The van der Waals surface area contributed by atoms with E-state index in [2.05, 4.69) is 28.6 Å². The summed E-state index contributed by atoms with van der Waals surface area (Å²) in [6.07, 6.45) is 4.35. The van der Waals surface area contributed by atoms with E-state index in [-0.39, 0.29) is 0 Å². The van der Waals surface area contributed by atoms with Crippen molar-refractivity contribution >= 4 is 10.0 Å². The Labute approximate surface area is 143 Å². The Balaban J connectivity index is 1.63. The fourth-order valence-corrected chi connectivity index (χ4v) is 4.69. The number of hydrogen-bond acceptors (Lipinski definition) is 4. The van der Waals surface area contributed by atoms with Crippen molar-refractivity contribution in [1.29, 1.82) is 0 Å². The molecule has 0 aliphatic carbocycles. The molecule has 0 radical (unpaired) electrons. The number of piperidine rings is 1. The molecule has 0 amide bonds. The highest BCUT2D eigenvalue weighted by atomic mass is 32.2. The first kappa shape index (κ1) is 17.1. The molecule has 7 heteroatoms. The molecule has 6 nitrogen and oxygen atoms in total. The van der Waals surface area contributed by atoms with Crippen LogP contribution in [0, 0.1) is 5.92 Å². The van der Waals surface area contributed by atoms with Crippen molar-refractivity contribution in [3.63, 3.8) is 0 Å². The molecule has 2 heterocycles. The maximum absolute atomic E-state index is 12.7. The van der Waals surface area contributed by atoms with Crippen molar-refractivity contribution in [3.05, 3.63) is 42.5 Å². The zero-order valence-corrected chi connectivity index (χ0v) is 15.0. The summed E-state index contributed by atoms with van der Waals surface area (Å²) in [5.41, 5.74) is 0. The molecular weight excluding hydrogens is 324 g/mol. The second kappa shape index (κ2) is 7.03. The molecule has 1 aliphatic rings. The van der Waals surface area contributed by atoms with E-state index in [0.29, 0.717) is 29.9 Å². The van der Waals surface area contributed by atoms with Crippen LogP contribution < -0.4 is 0 Å². The van der Waals surface area contributed by atoms with Crippen molar-refractivity contribution in [2.45, 2.75) is 44.0 Å². The fraction of sp³-hybridized carbons (Fsp3) is 0.529. The van der Waals surface area contributed by atoms with Crippen LogP contribution in [0.1, 0.15) is 38.6 Å². The highest BCUT2D eigenvalue weighted by molar-refractivity contribution is 7.89. The predicted octanol–water partition coefficient (Wildman–Crippen LogP) is 2.50. The summed E-state index contributed by atoms with van der Waals surface area (Å²) in [6.45, 7) is 5.36. The van der Waals surface area contributed by atoms with Crippen LogP contribution in [0.4, 0.5) is 0 Å². The lowest BCUT2D eigenvalue weighted by atomic mass is 9.94. The van der Waals surface area contributed by atoms with E-state index < -0.39 is 10.0 Å². The molecule has 24 heavy (non-hydrogen) atoms. The maximum Gasteiger partial charge on any atom is 0.243 e. The monoisotopic (exact) mass is 348 g/mol. The maximum atomic E-state index is 12.7. The fourth-order valence-electron chi connectivity index (χ4n) is 3.20. The van der Waals surface area contributed by atoms with Crippen LogP contribution in [0.3, 0.4) is 0 Å². The van der Waals surface area contributed by atoms with Crippen LogP contribution in [0.5, 0.6) is 0 Å². The summed E-state index contributed by atoms with van der Waals surface area (Å²) < 4.78 is 29.0. The van der Waals surface area contributed by atoms with Gasteiger partial charge in [-0.2, -0.15) is 4.31 Å². The van der Waals surface area contributed by atoms with Crippen LogP contribution in [0.2, 0.25) is 0 Å². The molecule has 2 aromatic rings. The van der Waals surface area contributed by atoms with E-state index in [4.69, 9.17) is 0 Å². The summed E-state index contributed by atoms with van der Waals surface area (Å²) in [5.74, 6) is 1.45. The Kier molecular flexibility index (Phi) is 5.01. The quantitative estimate of drug-likeness (QED) is 0.832. The van der Waals surface area contributed by atoms with Crippen LogP contribution in [-0.2, 0) is 16.4 Å². The molecule has 0 saturated carbocycles. The molecule has 1 fully saturated rings. The van der Waals surface area contributed by atoms with Crippen LogP contribution in [-0.4, -0.2) is 40.6 Å². The molecule has 130 valence electrons. The van der Waals surface area contributed by atoms with Crippen molar-refractivity contribution in [1.82, 2.24) is 19.1 Å². The van der Waals surface area contributed by atoms with E-state index in [1.54, 1.807) is 34.9 Å². The van der Waals surface area contributed by atoms with E-state index in [9.17, 15) is 8.42 Å². The third kappa shape index (κ3) is 3.52. The van der Waals surface area contributed by atoms with Gasteiger partial charge in [0, 0.05) is 25.6 Å². The molecule has 0 N–H and O–H groups in total. The lowest BCUT2D eigenvalue weighted by molar-refractivity contribution is 0.268. The van der Waals surface area contributed by atoms with Gasteiger partial charge in [0.05, 0.1) is 4.90 Å². The minimum atomic E-state index is -3.37. The van der Waals surface area contributed by atoms with Gasteiger partial charge in [-0.15, -0.1) is 10.2 Å². The van der Waals surface area contributed by atoms with Crippen LogP contribution in [0.25, 0.3) is 0 Å². The number of benzene rings is 1. The molecular formula is C17H24N4O2S. The molecule has 0 atom stereocenters. The predicted molar refractivity (Wildman–Crippen MR) is 92.0 cm³/mol. The van der Waals surface area contributed by atoms with Gasteiger partial charge < -0.3 is 4.57 Å². The van der Waals surface area contributed by atoms with Gasteiger partial charge in [0.15, 0.2) is 0 Å². The van der Waals surface area contributed by atoms with Crippen LogP contribution in [0.15, 0.2) is 41.6 Å². The average Bonchev–Trinajstić information content (AvgIpc) is 3.04. The molecule has 0 unspecified atom stereocenters. The van der Waals surface area contributed by atoms with Crippen molar-refractivity contribution in [3.8, 4) is 0 Å². The Morgan fingerprint density at radius 3 is 2.46 bits per heavy atom. The van der Waals surface area contributed by atoms with Gasteiger partial charge in [-0.25, -0.2) is 8.42 Å². The molecule has 1 aromatic heterocycles. The third-order valence-corrected chi connectivity index (χ3v) is 6.54. The van der Waals surface area contributed by atoms with Crippen molar-refractivity contribution < 1.29 is 8.42 Å². The molecule has 0 bridgehead atoms. The summed E-state index contributed by atoms with van der Waals surface area (Å²) in [5, 5.41) is 8.24. The molecule has 0 spiro atoms. The second-order valence-corrected chi connectivity index (χ2v) is 8.55. The minimum absolute atomic E-state index is 0.341. The highest BCUT2D eigenvalue weighted by Crippen LogP contribution is 2.26.